The maximum atomic E-state index is 12.7. The van der Waals surface area contributed by atoms with Crippen LogP contribution in [0.1, 0.15) is 18.9 Å². The number of thioether (sulfide) groups is 2. The number of aromatic hydroxyl groups is 1. The van der Waals surface area contributed by atoms with Gasteiger partial charge in [0.05, 0.1) is 23.5 Å². The topological polar surface area (TPSA) is 89.9 Å². The Morgan fingerprint density at radius 1 is 1.54 bits per heavy atom. The van der Waals surface area contributed by atoms with Crippen LogP contribution in [0.3, 0.4) is 0 Å². The standard InChI is InChI=1S/C17H19NO5S3/c1-3-23-12-6-4-5-10(14(12)19)9-13-15(20)18(17(24)26-13)11(16(21)22)7-8-25-2/h4-6,9,11,19H,3,7-8H2,1-2H3,(H,21,22)/p-1/b13-9-/t11-/m0/s1. The van der Waals surface area contributed by atoms with Crippen LogP contribution in [0.4, 0.5) is 0 Å². The largest absolute Gasteiger partial charge is 0.548 e. The number of hydrogen-bond acceptors (Lipinski definition) is 8. The van der Waals surface area contributed by atoms with Gasteiger partial charge in [-0.25, -0.2) is 0 Å². The van der Waals surface area contributed by atoms with E-state index in [2.05, 4.69) is 0 Å². The molecule has 140 valence electrons. The average molecular weight is 413 g/mol. The van der Waals surface area contributed by atoms with Crippen molar-refractivity contribution in [3.05, 3.63) is 28.7 Å². The van der Waals surface area contributed by atoms with E-state index in [1.165, 1.54) is 17.8 Å². The number of benzene rings is 1. The first-order chi connectivity index (χ1) is 12.4. The lowest BCUT2D eigenvalue weighted by molar-refractivity contribution is -0.310. The maximum Gasteiger partial charge on any atom is 0.266 e. The number of thiocarbonyl (C=S) groups is 1. The molecule has 1 saturated heterocycles. The van der Waals surface area contributed by atoms with E-state index < -0.39 is 17.9 Å². The molecule has 1 heterocycles. The monoisotopic (exact) mass is 412 g/mol. The van der Waals surface area contributed by atoms with E-state index >= 15 is 0 Å². The van der Waals surface area contributed by atoms with Gasteiger partial charge in [0.25, 0.3) is 5.91 Å². The van der Waals surface area contributed by atoms with Crippen molar-refractivity contribution in [1.82, 2.24) is 4.90 Å². The normalized spacial score (nSPS) is 17.0. The number of hydrogen-bond donors (Lipinski definition) is 1. The molecule has 1 aromatic rings. The molecule has 6 nitrogen and oxygen atoms in total. The summed E-state index contributed by atoms with van der Waals surface area (Å²) < 4.78 is 5.49. The van der Waals surface area contributed by atoms with Gasteiger partial charge in [0.2, 0.25) is 0 Å². The van der Waals surface area contributed by atoms with E-state index in [9.17, 15) is 19.8 Å². The fourth-order valence-corrected chi connectivity index (χ4v) is 4.21. The highest BCUT2D eigenvalue weighted by molar-refractivity contribution is 8.26. The van der Waals surface area contributed by atoms with E-state index in [0.717, 1.165) is 16.7 Å². The molecule has 1 aromatic carbocycles. The SMILES string of the molecule is CCOc1cccc(/C=C2\SC(=S)N([C@@H](CCSC)C(=O)[O-])C2=O)c1O. The van der Waals surface area contributed by atoms with Crippen molar-refractivity contribution in [3.63, 3.8) is 0 Å². The predicted molar refractivity (Wildman–Crippen MR) is 106 cm³/mol. The summed E-state index contributed by atoms with van der Waals surface area (Å²) in [6.45, 7) is 2.19. The van der Waals surface area contributed by atoms with Crippen LogP contribution in [0.2, 0.25) is 0 Å². The molecule has 1 fully saturated rings. The minimum Gasteiger partial charge on any atom is -0.548 e. The second kappa shape index (κ2) is 9.29. The van der Waals surface area contributed by atoms with Gasteiger partial charge in [-0.1, -0.05) is 36.1 Å². The molecule has 1 N–H and O–H groups in total. The Bertz CT molecular complexity index is 750. The summed E-state index contributed by atoms with van der Waals surface area (Å²) >= 11 is 7.68. The Kier molecular flexibility index (Phi) is 7.36. The van der Waals surface area contributed by atoms with Crippen molar-refractivity contribution in [2.24, 2.45) is 0 Å². The summed E-state index contributed by atoms with van der Waals surface area (Å²) in [4.78, 5) is 25.5. The molecule has 26 heavy (non-hydrogen) atoms. The van der Waals surface area contributed by atoms with E-state index in [1.54, 1.807) is 25.1 Å². The third kappa shape index (κ3) is 4.52. The summed E-state index contributed by atoms with van der Waals surface area (Å²) in [6.07, 6.45) is 3.58. The molecule has 1 amide bonds. The quantitative estimate of drug-likeness (QED) is 0.511. The second-order valence-corrected chi connectivity index (χ2v) is 7.96. The molecule has 0 aromatic heterocycles. The van der Waals surface area contributed by atoms with E-state index in [0.29, 0.717) is 23.7 Å². The molecule has 1 atom stereocenters. The molecule has 2 rings (SSSR count). The maximum absolute atomic E-state index is 12.7. The molecule has 0 aliphatic carbocycles. The number of aliphatic carboxylic acids is 1. The van der Waals surface area contributed by atoms with Gasteiger partial charge >= 0.3 is 0 Å². The highest BCUT2D eigenvalue weighted by Gasteiger charge is 2.37. The molecule has 0 bridgehead atoms. The zero-order valence-corrected chi connectivity index (χ0v) is 16.7. The summed E-state index contributed by atoms with van der Waals surface area (Å²) in [5.74, 6) is -1.05. The number of para-hydroxylation sites is 1. The van der Waals surface area contributed by atoms with Gasteiger partial charge in [0.1, 0.15) is 4.32 Å². The van der Waals surface area contributed by atoms with Crippen LogP contribution < -0.4 is 9.84 Å². The zero-order valence-electron chi connectivity index (χ0n) is 14.3. The molecular weight excluding hydrogens is 394 g/mol. The summed E-state index contributed by atoms with van der Waals surface area (Å²) in [7, 11) is 0. The first-order valence-corrected chi connectivity index (χ1v) is 10.4. The number of ether oxygens (including phenoxy) is 1. The minimum atomic E-state index is -1.34. The van der Waals surface area contributed by atoms with Gasteiger partial charge in [0.15, 0.2) is 11.5 Å². The number of carboxylic acid groups (broad SMARTS) is 1. The van der Waals surface area contributed by atoms with Crippen molar-refractivity contribution >= 4 is 58.0 Å². The average Bonchev–Trinajstić information content (AvgIpc) is 2.86. The van der Waals surface area contributed by atoms with Crippen molar-refractivity contribution in [2.75, 3.05) is 18.6 Å². The lowest BCUT2D eigenvalue weighted by Crippen LogP contribution is -2.50. The van der Waals surface area contributed by atoms with Crippen molar-refractivity contribution < 1.29 is 24.5 Å². The second-order valence-electron chi connectivity index (χ2n) is 5.30. The Morgan fingerprint density at radius 3 is 2.88 bits per heavy atom. The van der Waals surface area contributed by atoms with Crippen LogP contribution in [0.5, 0.6) is 11.5 Å². The fraction of sp³-hybridized carbons (Fsp3) is 0.353. The molecule has 1 aliphatic rings. The van der Waals surface area contributed by atoms with Crippen LogP contribution in [-0.4, -0.2) is 50.9 Å². The number of phenolic OH excluding ortho intramolecular Hbond substituents is 1. The summed E-state index contributed by atoms with van der Waals surface area (Å²) in [6, 6.07) is 3.84. The Balaban J connectivity index is 2.32. The Labute approximate surface area is 165 Å². The first-order valence-electron chi connectivity index (χ1n) is 7.82. The lowest BCUT2D eigenvalue weighted by Gasteiger charge is -2.27. The van der Waals surface area contributed by atoms with E-state index in [4.69, 9.17) is 17.0 Å². The number of carbonyl (C=O) groups excluding carboxylic acids is 2. The van der Waals surface area contributed by atoms with Gasteiger partial charge in [-0.05, 0) is 37.5 Å². The highest BCUT2D eigenvalue weighted by atomic mass is 32.2. The van der Waals surface area contributed by atoms with Gasteiger partial charge < -0.3 is 19.7 Å². The number of amides is 1. The number of nitrogens with zero attached hydrogens (tertiary/aromatic N) is 1. The highest BCUT2D eigenvalue weighted by Crippen LogP contribution is 2.38. The van der Waals surface area contributed by atoms with Gasteiger partial charge in [-0.15, -0.1) is 0 Å². The number of carbonyl (C=O) groups is 2. The van der Waals surface area contributed by atoms with Crippen LogP contribution in [-0.2, 0) is 9.59 Å². The summed E-state index contributed by atoms with van der Waals surface area (Å²) in [5, 5.41) is 21.7. The van der Waals surface area contributed by atoms with Gasteiger partial charge in [-0.2, -0.15) is 11.8 Å². The van der Waals surface area contributed by atoms with Gasteiger partial charge in [0, 0.05) is 5.56 Å². The van der Waals surface area contributed by atoms with Crippen LogP contribution in [0.15, 0.2) is 23.1 Å². The molecule has 0 spiro atoms. The van der Waals surface area contributed by atoms with Crippen LogP contribution in [0.25, 0.3) is 6.08 Å². The Morgan fingerprint density at radius 2 is 2.27 bits per heavy atom. The number of carboxylic acids is 1. The minimum absolute atomic E-state index is 0.0848. The third-order valence-corrected chi connectivity index (χ3v) is 5.59. The van der Waals surface area contributed by atoms with Crippen molar-refractivity contribution in [3.8, 4) is 11.5 Å². The molecule has 9 heteroatoms. The van der Waals surface area contributed by atoms with Gasteiger partial charge in [-0.3, -0.25) is 9.69 Å². The molecule has 0 unspecified atom stereocenters. The molecule has 0 saturated carbocycles. The third-order valence-electron chi connectivity index (χ3n) is 3.62. The van der Waals surface area contributed by atoms with E-state index in [1.807, 2.05) is 6.26 Å². The zero-order chi connectivity index (χ0) is 19.3. The summed E-state index contributed by atoms with van der Waals surface area (Å²) in [5.41, 5.74) is 0.394. The van der Waals surface area contributed by atoms with Crippen LogP contribution >= 0.6 is 35.7 Å². The lowest BCUT2D eigenvalue weighted by atomic mass is 10.1. The number of rotatable bonds is 8. The smallest absolute Gasteiger partial charge is 0.266 e. The Hall–Kier alpha value is -1.71. The molecule has 1 aliphatic heterocycles. The van der Waals surface area contributed by atoms with E-state index in [-0.39, 0.29) is 21.4 Å². The molecular formula is C17H18NO5S3-. The predicted octanol–water partition coefficient (Wildman–Crippen LogP) is 1.86. The number of phenols is 1. The van der Waals surface area contributed by atoms with Crippen molar-refractivity contribution in [2.45, 2.75) is 19.4 Å². The van der Waals surface area contributed by atoms with Crippen LogP contribution in [0, 0.1) is 0 Å². The van der Waals surface area contributed by atoms with Crippen molar-refractivity contribution in [1.29, 1.82) is 0 Å². The first kappa shape index (κ1) is 20.6. The fourth-order valence-electron chi connectivity index (χ4n) is 2.40. The molecule has 0 radical (unpaired) electrons.